The van der Waals surface area contributed by atoms with Gasteiger partial charge >= 0.3 is 0 Å². The van der Waals surface area contributed by atoms with Crippen molar-refractivity contribution in [3.8, 4) is 11.2 Å². The lowest BCUT2D eigenvalue weighted by Gasteiger charge is -2.40. The van der Waals surface area contributed by atoms with E-state index in [1.54, 1.807) is 6.08 Å². The van der Waals surface area contributed by atoms with E-state index < -0.39 is 16.9 Å². The Balaban J connectivity index is 2.44. The van der Waals surface area contributed by atoms with Crippen molar-refractivity contribution < 1.29 is 14.7 Å². The molecule has 0 aromatic heterocycles. The van der Waals surface area contributed by atoms with Crippen molar-refractivity contribution in [1.82, 2.24) is 0 Å². The molecule has 0 saturated heterocycles. The van der Waals surface area contributed by atoms with Crippen LogP contribution in [0.15, 0.2) is 11.6 Å². The first-order valence-electron chi connectivity index (χ1n) is 5.69. The zero-order valence-electron chi connectivity index (χ0n) is 9.90. The Labute approximate surface area is 122 Å². The predicted molar refractivity (Wildman–Crippen MR) is 78.9 cm³/mol. The summed E-state index contributed by atoms with van der Waals surface area (Å²) in [5, 5.41) is 13.6. The van der Waals surface area contributed by atoms with Crippen LogP contribution in [0.25, 0.3) is 0 Å². The zero-order valence-corrected chi connectivity index (χ0v) is 12.9. The number of halogens is 1. The van der Waals surface area contributed by atoms with E-state index in [4.69, 9.17) is 0 Å². The summed E-state index contributed by atoms with van der Waals surface area (Å²) < 4.78 is 0. The maximum Gasteiger partial charge on any atom is 0.165 e. The standard InChI is InChI=1S/C13H13IO3S/c1-12-7-9(8-15)11(16)6-10(12)2-3-13(12,17)4-5-18-14/h6,8-9,17H,2-3,7H2,1H3. The number of carbonyl (C=O) groups excluding carboxylic acids is 2. The monoisotopic (exact) mass is 376 g/mol. The molecule has 1 N–H and O–H groups in total. The highest BCUT2D eigenvalue weighted by Crippen LogP contribution is 2.55. The molecule has 0 amide bonds. The first-order chi connectivity index (χ1) is 8.47. The maximum absolute atomic E-state index is 11.7. The second kappa shape index (κ2) is 4.99. The molecule has 0 aromatic carbocycles. The van der Waals surface area contributed by atoms with Crippen molar-refractivity contribution >= 4 is 42.2 Å². The van der Waals surface area contributed by atoms with Gasteiger partial charge < -0.3 is 9.90 Å². The average molecular weight is 376 g/mol. The quantitative estimate of drug-likeness (QED) is 0.330. The van der Waals surface area contributed by atoms with Gasteiger partial charge in [0.2, 0.25) is 0 Å². The van der Waals surface area contributed by atoms with E-state index in [1.807, 2.05) is 6.92 Å². The van der Waals surface area contributed by atoms with Crippen LogP contribution >= 0.6 is 30.1 Å². The molecule has 2 aliphatic carbocycles. The Bertz CT molecular complexity index is 490. The molecule has 1 saturated carbocycles. The van der Waals surface area contributed by atoms with Gasteiger partial charge in [-0.05, 0) is 39.5 Å². The molecular weight excluding hydrogens is 363 g/mol. The summed E-state index contributed by atoms with van der Waals surface area (Å²) in [7, 11) is 1.33. The van der Waals surface area contributed by atoms with Crippen LogP contribution in [0.2, 0.25) is 0 Å². The van der Waals surface area contributed by atoms with Gasteiger partial charge in [0.1, 0.15) is 11.9 Å². The third kappa shape index (κ3) is 2.04. The number of hydrogen-bond donors (Lipinski definition) is 1. The lowest BCUT2D eigenvalue weighted by Crippen LogP contribution is -2.45. The lowest BCUT2D eigenvalue weighted by atomic mass is 9.65. The number of fused-ring (bicyclic) bond motifs is 1. The highest BCUT2D eigenvalue weighted by Gasteiger charge is 2.56. The van der Waals surface area contributed by atoms with Crippen LogP contribution in [0.3, 0.4) is 0 Å². The fourth-order valence-electron chi connectivity index (χ4n) is 2.90. The predicted octanol–water partition coefficient (Wildman–Crippen LogP) is 2.28. The van der Waals surface area contributed by atoms with Gasteiger partial charge in [-0.25, -0.2) is 0 Å². The SMILES string of the molecule is CC12CC(C=O)C(=O)C=C1CCC2(O)C#CSI. The summed E-state index contributed by atoms with van der Waals surface area (Å²) in [6.07, 6.45) is 3.78. The summed E-state index contributed by atoms with van der Waals surface area (Å²) in [6.45, 7) is 1.90. The molecular formula is C13H13IO3S. The van der Waals surface area contributed by atoms with Crippen LogP contribution in [0.4, 0.5) is 0 Å². The van der Waals surface area contributed by atoms with E-state index in [9.17, 15) is 14.7 Å². The van der Waals surface area contributed by atoms with Crippen LogP contribution in [-0.2, 0) is 9.59 Å². The summed E-state index contributed by atoms with van der Waals surface area (Å²) in [5.41, 5.74) is -0.772. The van der Waals surface area contributed by atoms with E-state index in [0.29, 0.717) is 25.5 Å². The van der Waals surface area contributed by atoms with Crippen molar-refractivity contribution in [2.75, 3.05) is 0 Å². The number of allylic oxidation sites excluding steroid dienone is 1. The molecule has 3 unspecified atom stereocenters. The summed E-state index contributed by atoms with van der Waals surface area (Å²) in [6, 6.07) is 0. The second-order valence-electron chi connectivity index (χ2n) is 5.02. The van der Waals surface area contributed by atoms with Gasteiger partial charge in [0.15, 0.2) is 5.78 Å². The Morgan fingerprint density at radius 3 is 3.00 bits per heavy atom. The summed E-state index contributed by atoms with van der Waals surface area (Å²) in [4.78, 5) is 22.7. The van der Waals surface area contributed by atoms with E-state index >= 15 is 0 Å². The third-order valence-electron chi connectivity index (χ3n) is 4.15. The van der Waals surface area contributed by atoms with E-state index in [1.165, 1.54) is 8.93 Å². The van der Waals surface area contributed by atoms with Crippen molar-refractivity contribution in [3.05, 3.63) is 11.6 Å². The lowest BCUT2D eigenvalue weighted by molar-refractivity contribution is -0.127. The number of rotatable bonds is 1. The van der Waals surface area contributed by atoms with Crippen LogP contribution in [0.5, 0.6) is 0 Å². The molecule has 2 aliphatic rings. The molecule has 3 atom stereocenters. The van der Waals surface area contributed by atoms with Crippen LogP contribution in [0.1, 0.15) is 26.2 Å². The highest BCUT2D eigenvalue weighted by molar-refractivity contribution is 14.2. The van der Waals surface area contributed by atoms with Gasteiger partial charge in [-0.1, -0.05) is 18.4 Å². The fourth-order valence-corrected chi connectivity index (χ4v) is 3.44. The first-order valence-corrected chi connectivity index (χ1v) is 9.05. The molecule has 2 rings (SSSR count). The summed E-state index contributed by atoms with van der Waals surface area (Å²) >= 11 is 2.05. The summed E-state index contributed by atoms with van der Waals surface area (Å²) in [5.74, 6) is 2.12. The van der Waals surface area contributed by atoms with Gasteiger partial charge in [-0.3, -0.25) is 4.79 Å². The fraction of sp³-hybridized carbons (Fsp3) is 0.538. The average Bonchev–Trinajstić information content (AvgIpc) is 2.60. The van der Waals surface area contributed by atoms with Crippen LogP contribution < -0.4 is 0 Å². The van der Waals surface area contributed by atoms with Crippen molar-refractivity contribution in [2.45, 2.75) is 31.8 Å². The molecule has 1 fully saturated rings. The minimum absolute atomic E-state index is 0.141. The van der Waals surface area contributed by atoms with Gasteiger partial charge in [-0.2, -0.15) is 0 Å². The van der Waals surface area contributed by atoms with Crippen molar-refractivity contribution in [1.29, 1.82) is 0 Å². The Hall–Kier alpha value is -0.320. The molecule has 18 heavy (non-hydrogen) atoms. The second-order valence-corrected chi connectivity index (χ2v) is 6.69. The van der Waals surface area contributed by atoms with Gasteiger partial charge in [0, 0.05) is 26.6 Å². The molecule has 0 heterocycles. The molecule has 0 radical (unpaired) electrons. The topological polar surface area (TPSA) is 54.4 Å². The van der Waals surface area contributed by atoms with E-state index in [-0.39, 0.29) is 5.78 Å². The Kier molecular flexibility index (Phi) is 3.90. The van der Waals surface area contributed by atoms with Crippen LogP contribution in [-0.4, -0.2) is 22.8 Å². The minimum Gasteiger partial charge on any atom is -0.377 e. The first kappa shape index (κ1) is 14.1. The molecule has 3 nitrogen and oxygen atoms in total. The number of aliphatic hydroxyl groups is 1. The van der Waals surface area contributed by atoms with Crippen LogP contribution in [0, 0.1) is 22.5 Å². The maximum atomic E-state index is 11.7. The zero-order chi connectivity index (χ0) is 13.4. The number of hydrogen-bond acceptors (Lipinski definition) is 4. The molecule has 0 spiro atoms. The van der Waals surface area contributed by atoms with E-state index in [2.05, 4.69) is 32.4 Å². The van der Waals surface area contributed by atoms with Crippen molar-refractivity contribution in [2.24, 2.45) is 11.3 Å². The molecule has 0 aliphatic heterocycles. The number of aldehydes is 1. The van der Waals surface area contributed by atoms with Gasteiger partial charge in [0.05, 0.1) is 5.92 Å². The highest BCUT2D eigenvalue weighted by atomic mass is 127. The molecule has 96 valence electrons. The molecule has 5 heteroatoms. The number of ketones is 1. The molecule has 0 aromatic rings. The van der Waals surface area contributed by atoms with Crippen molar-refractivity contribution in [3.63, 3.8) is 0 Å². The molecule has 0 bridgehead atoms. The number of carbonyl (C=O) groups is 2. The third-order valence-corrected chi connectivity index (χ3v) is 4.99. The van der Waals surface area contributed by atoms with Gasteiger partial charge in [0.25, 0.3) is 0 Å². The Morgan fingerprint density at radius 2 is 2.39 bits per heavy atom. The van der Waals surface area contributed by atoms with E-state index in [0.717, 1.165) is 5.57 Å². The van der Waals surface area contributed by atoms with Gasteiger partial charge in [-0.15, -0.1) is 0 Å². The Morgan fingerprint density at radius 1 is 1.67 bits per heavy atom. The minimum atomic E-state index is -1.13. The smallest absolute Gasteiger partial charge is 0.165 e. The normalized spacial score (nSPS) is 38.5. The largest absolute Gasteiger partial charge is 0.377 e.